The highest BCUT2D eigenvalue weighted by molar-refractivity contribution is 7.80. The van der Waals surface area contributed by atoms with Gasteiger partial charge in [-0.05, 0) is 36.5 Å². The summed E-state index contributed by atoms with van der Waals surface area (Å²) in [6.07, 6.45) is 0. The zero-order valence-corrected chi connectivity index (χ0v) is 12.3. The summed E-state index contributed by atoms with van der Waals surface area (Å²) in [5.41, 5.74) is 5.30. The topological polar surface area (TPSA) is 79.5 Å². The fourth-order valence-corrected chi connectivity index (χ4v) is 1.37. The average Bonchev–Trinajstić information content (AvgIpc) is 2.44. The van der Waals surface area contributed by atoms with Crippen molar-refractivity contribution >= 4 is 29.1 Å². The number of thiocarbonyl (C=S) groups is 1. The van der Waals surface area contributed by atoms with Crippen LogP contribution in [0.4, 0.5) is 0 Å². The first-order valence-electron chi connectivity index (χ1n) is 5.99. The second kappa shape index (κ2) is 7.44. The lowest BCUT2D eigenvalue weighted by Gasteiger charge is -2.12. The number of carbonyl (C=O) groups excluding carboxylic acids is 2. The van der Waals surface area contributed by atoms with Crippen molar-refractivity contribution in [2.24, 2.45) is 5.92 Å². The summed E-state index contributed by atoms with van der Waals surface area (Å²) in [6.45, 7) is 3.49. The summed E-state index contributed by atoms with van der Waals surface area (Å²) in [7, 11) is 1.55. The molecule has 0 radical (unpaired) electrons. The van der Waals surface area contributed by atoms with Crippen LogP contribution in [0.1, 0.15) is 24.2 Å². The van der Waals surface area contributed by atoms with Gasteiger partial charge in [0, 0.05) is 11.5 Å². The fraction of sp³-hybridized carbons (Fsp3) is 0.308. The third-order valence-electron chi connectivity index (χ3n) is 2.40. The highest BCUT2D eigenvalue weighted by atomic mass is 32.1. The second-order valence-electron chi connectivity index (χ2n) is 4.28. The second-order valence-corrected chi connectivity index (χ2v) is 4.69. The molecule has 0 aromatic heterocycles. The molecule has 108 valence electrons. The van der Waals surface area contributed by atoms with Crippen molar-refractivity contribution < 1.29 is 14.3 Å². The summed E-state index contributed by atoms with van der Waals surface area (Å²) in [4.78, 5) is 23.2. The first kappa shape index (κ1) is 15.9. The number of hydrogen-bond acceptors (Lipinski definition) is 4. The standard InChI is InChI=1S/C13H17N3O3S/c1-8(2)11(17)14-13(20)16-15-12(18)9-4-6-10(19-3)7-5-9/h4-8H,1-3H3,(H,15,18)(H2,14,16,17,20). The number of hydrogen-bond donors (Lipinski definition) is 3. The van der Waals surface area contributed by atoms with Crippen LogP contribution in [0.15, 0.2) is 24.3 Å². The fourth-order valence-electron chi connectivity index (χ4n) is 1.22. The van der Waals surface area contributed by atoms with Gasteiger partial charge < -0.3 is 10.1 Å². The molecule has 1 aromatic carbocycles. The Hall–Kier alpha value is -2.15. The van der Waals surface area contributed by atoms with Gasteiger partial charge >= 0.3 is 0 Å². The Morgan fingerprint density at radius 3 is 2.25 bits per heavy atom. The Morgan fingerprint density at radius 2 is 1.75 bits per heavy atom. The number of nitrogens with one attached hydrogen (secondary N) is 3. The molecule has 6 nitrogen and oxygen atoms in total. The predicted molar refractivity (Wildman–Crippen MR) is 79.2 cm³/mol. The minimum absolute atomic E-state index is 0.0468. The van der Waals surface area contributed by atoms with Crippen molar-refractivity contribution in [3.8, 4) is 5.75 Å². The zero-order valence-electron chi connectivity index (χ0n) is 11.5. The molecule has 0 aliphatic heterocycles. The maximum atomic E-state index is 11.8. The van der Waals surface area contributed by atoms with Crippen LogP contribution in [0.25, 0.3) is 0 Å². The highest BCUT2D eigenvalue weighted by Crippen LogP contribution is 2.10. The van der Waals surface area contributed by atoms with E-state index in [0.717, 1.165) is 0 Å². The molecule has 0 bridgehead atoms. The van der Waals surface area contributed by atoms with Gasteiger partial charge in [-0.2, -0.15) is 0 Å². The zero-order chi connectivity index (χ0) is 15.1. The third-order valence-corrected chi connectivity index (χ3v) is 2.61. The van der Waals surface area contributed by atoms with Crippen LogP contribution in [0.5, 0.6) is 5.75 Å². The van der Waals surface area contributed by atoms with E-state index in [1.165, 1.54) is 0 Å². The molecule has 0 unspecified atom stereocenters. The predicted octanol–water partition coefficient (Wildman–Crippen LogP) is 0.987. The lowest BCUT2D eigenvalue weighted by Crippen LogP contribution is -2.49. The van der Waals surface area contributed by atoms with Gasteiger partial charge in [0.2, 0.25) is 5.91 Å². The van der Waals surface area contributed by atoms with E-state index in [1.807, 2.05) is 0 Å². The number of amides is 2. The average molecular weight is 295 g/mol. The summed E-state index contributed by atoms with van der Waals surface area (Å²) < 4.78 is 5.00. The van der Waals surface area contributed by atoms with Crippen molar-refractivity contribution in [3.63, 3.8) is 0 Å². The number of carbonyl (C=O) groups is 2. The van der Waals surface area contributed by atoms with Crippen LogP contribution in [-0.4, -0.2) is 24.0 Å². The van der Waals surface area contributed by atoms with Crippen LogP contribution in [-0.2, 0) is 4.79 Å². The smallest absolute Gasteiger partial charge is 0.269 e. The van der Waals surface area contributed by atoms with E-state index in [-0.39, 0.29) is 22.8 Å². The van der Waals surface area contributed by atoms with Crippen LogP contribution >= 0.6 is 12.2 Å². The van der Waals surface area contributed by atoms with E-state index in [4.69, 9.17) is 17.0 Å². The summed E-state index contributed by atoms with van der Waals surface area (Å²) in [5.74, 6) is -0.115. The Labute approximate surface area is 122 Å². The van der Waals surface area contributed by atoms with E-state index in [1.54, 1.807) is 45.2 Å². The maximum Gasteiger partial charge on any atom is 0.269 e. The summed E-state index contributed by atoms with van der Waals surface area (Å²) >= 11 is 4.88. The monoisotopic (exact) mass is 295 g/mol. The van der Waals surface area contributed by atoms with Gasteiger partial charge in [0.1, 0.15) is 5.75 Å². The highest BCUT2D eigenvalue weighted by Gasteiger charge is 2.10. The molecule has 1 rings (SSSR count). The van der Waals surface area contributed by atoms with Crippen molar-refractivity contribution in [2.75, 3.05) is 7.11 Å². The Bertz CT molecular complexity index is 500. The molecule has 2 amide bonds. The molecule has 0 aliphatic carbocycles. The molecule has 3 N–H and O–H groups in total. The first-order valence-corrected chi connectivity index (χ1v) is 6.40. The van der Waals surface area contributed by atoms with Gasteiger partial charge in [0.15, 0.2) is 5.11 Å². The molecule has 0 aliphatic rings. The van der Waals surface area contributed by atoms with Crippen molar-refractivity contribution in [3.05, 3.63) is 29.8 Å². The van der Waals surface area contributed by atoms with E-state index in [2.05, 4.69) is 16.2 Å². The number of methoxy groups -OCH3 is 1. The molecule has 1 aromatic rings. The molecular weight excluding hydrogens is 278 g/mol. The van der Waals surface area contributed by atoms with Crippen LogP contribution < -0.4 is 20.9 Å². The van der Waals surface area contributed by atoms with Crippen molar-refractivity contribution in [2.45, 2.75) is 13.8 Å². The molecule has 0 fully saturated rings. The van der Waals surface area contributed by atoms with Crippen molar-refractivity contribution in [1.82, 2.24) is 16.2 Å². The quantitative estimate of drug-likeness (QED) is 0.572. The van der Waals surface area contributed by atoms with E-state index < -0.39 is 0 Å². The van der Waals surface area contributed by atoms with Gasteiger partial charge in [0.25, 0.3) is 5.91 Å². The SMILES string of the molecule is COc1ccc(C(=O)NNC(=S)NC(=O)C(C)C)cc1. The van der Waals surface area contributed by atoms with E-state index in [0.29, 0.717) is 11.3 Å². The minimum Gasteiger partial charge on any atom is -0.497 e. The molecule has 0 spiro atoms. The van der Waals surface area contributed by atoms with Gasteiger partial charge in [-0.3, -0.25) is 20.4 Å². The molecule has 0 saturated heterocycles. The van der Waals surface area contributed by atoms with Gasteiger partial charge in [-0.15, -0.1) is 0 Å². The van der Waals surface area contributed by atoms with E-state index >= 15 is 0 Å². The summed E-state index contributed by atoms with van der Waals surface area (Å²) in [5, 5.41) is 2.50. The third kappa shape index (κ3) is 4.85. The molecule has 0 atom stereocenters. The Morgan fingerprint density at radius 1 is 1.15 bits per heavy atom. The maximum absolute atomic E-state index is 11.8. The molecule has 0 saturated carbocycles. The first-order chi connectivity index (χ1) is 9.43. The number of ether oxygens (including phenoxy) is 1. The molecule has 20 heavy (non-hydrogen) atoms. The number of hydrazine groups is 1. The van der Waals surface area contributed by atoms with E-state index in [9.17, 15) is 9.59 Å². The molecule has 7 heteroatoms. The lowest BCUT2D eigenvalue weighted by atomic mass is 10.2. The largest absolute Gasteiger partial charge is 0.497 e. The van der Waals surface area contributed by atoms with Crippen LogP contribution in [0.3, 0.4) is 0 Å². The number of rotatable bonds is 3. The van der Waals surface area contributed by atoms with Crippen LogP contribution in [0, 0.1) is 5.92 Å². The summed E-state index contributed by atoms with van der Waals surface area (Å²) in [6, 6.07) is 6.58. The number of benzene rings is 1. The van der Waals surface area contributed by atoms with Crippen LogP contribution in [0.2, 0.25) is 0 Å². The Kier molecular flexibility index (Phi) is 5.92. The van der Waals surface area contributed by atoms with Gasteiger partial charge in [-0.1, -0.05) is 13.8 Å². The molecule has 0 heterocycles. The normalized spacial score (nSPS) is 9.80. The lowest BCUT2D eigenvalue weighted by molar-refractivity contribution is -0.122. The van der Waals surface area contributed by atoms with Gasteiger partial charge in [0.05, 0.1) is 7.11 Å². The van der Waals surface area contributed by atoms with Gasteiger partial charge in [-0.25, -0.2) is 0 Å². The van der Waals surface area contributed by atoms with Crippen molar-refractivity contribution in [1.29, 1.82) is 0 Å². The minimum atomic E-state index is -0.367. The Balaban J connectivity index is 2.46. The molecular formula is C13H17N3O3S.